The summed E-state index contributed by atoms with van der Waals surface area (Å²) in [7, 11) is 0. The van der Waals surface area contributed by atoms with Gasteiger partial charge in [0.2, 0.25) is 5.95 Å². The summed E-state index contributed by atoms with van der Waals surface area (Å²) in [5, 5.41) is 12.1. The van der Waals surface area contributed by atoms with Gasteiger partial charge in [-0.2, -0.15) is 13.2 Å². The molecule has 0 aliphatic rings. The van der Waals surface area contributed by atoms with E-state index in [0.717, 1.165) is 12.3 Å². The minimum atomic E-state index is -4.63. The van der Waals surface area contributed by atoms with E-state index in [1.165, 1.54) is 6.07 Å². The molecule has 0 aliphatic carbocycles. The molecule has 0 saturated heterocycles. The molecule has 8 heteroatoms. The number of rotatable bonds is 4. The summed E-state index contributed by atoms with van der Waals surface area (Å²) >= 11 is 0. The molecule has 0 aliphatic heterocycles. The largest absolute Gasteiger partial charge is 0.478 e. The van der Waals surface area contributed by atoms with Crippen LogP contribution < -0.4 is 5.32 Å². The molecule has 0 spiro atoms. The summed E-state index contributed by atoms with van der Waals surface area (Å²) in [6.45, 7) is 0. The first kappa shape index (κ1) is 17.4. The summed E-state index contributed by atoms with van der Waals surface area (Å²) in [5.74, 6) is -1.57. The summed E-state index contributed by atoms with van der Waals surface area (Å²) in [5.41, 5.74) is 0.0959. The number of carbonyl (C=O) groups is 1. The smallest absolute Gasteiger partial charge is 0.433 e. The van der Waals surface area contributed by atoms with Crippen LogP contribution in [0.1, 0.15) is 16.1 Å². The molecule has 0 unspecified atom stereocenters. The Morgan fingerprint density at radius 2 is 1.73 bits per heavy atom. The third kappa shape index (κ3) is 3.64. The number of carboxylic acid groups (broad SMARTS) is 1. The van der Waals surface area contributed by atoms with Gasteiger partial charge in [-0.05, 0) is 17.7 Å². The zero-order valence-corrected chi connectivity index (χ0v) is 13.2. The highest BCUT2D eigenvalue weighted by atomic mass is 19.4. The molecule has 0 radical (unpaired) electrons. The van der Waals surface area contributed by atoms with Crippen LogP contribution in [0.15, 0.2) is 60.8 Å². The molecule has 5 nitrogen and oxygen atoms in total. The third-order valence-electron chi connectivity index (χ3n) is 3.56. The predicted molar refractivity (Wildman–Crippen MR) is 89.2 cm³/mol. The number of hydrogen-bond acceptors (Lipinski definition) is 4. The van der Waals surface area contributed by atoms with Crippen molar-refractivity contribution in [1.82, 2.24) is 9.97 Å². The monoisotopic (exact) mass is 359 g/mol. The Balaban J connectivity index is 2.11. The number of para-hydroxylation sites is 1. The van der Waals surface area contributed by atoms with Crippen LogP contribution in [-0.2, 0) is 6.18 Å². The van der Waals surface area contributed by atoms with Gasteiger partial charge in [0.1, 0.15) is 5.69 Å². The van der Waals surface area contributed by atoms with E-state index in [2.05, 4.69) is 15.3 Å². The van der Waals surface area contributed by atoms with Crippen LogP contribution in [0.4, 0.5) is 24.8 Å². The highest BCUT2D eigenvalue weighted by molar-refractivity contribution is 6.00. The highest BCUT2D eigenvalue weighted by Crippen LogP contribution is 2.33. The molecular weight excluding hydrogens is 347 g/mol. The van der Waals surface area contributed by atoms with E-state index < -0.39 is 17.8 Å². The van der Waals surface area contributed by atoms with Crippen LogP contribution in [0.2, 0.25) is 0 Å². The van der Waals surface area contributed by atoms with E-state index in [0.29, 0.717) is 11.1 Å². The molecule has 2 aromatic carbocycles. The molecule has 0 atom stereocenters. The van der Waals surface area contributed by atoms with Crippen LogP contribution in [0.3, 0.4) is 0 Å². The fourth-order valence-electron chi connectivity index (χ4n) is 2.41. The van der Waals surface area contributed by atoms with E-state index in [1.54, 1.807) is 42.5 Å². The van der Waals surface area contributed by atoms with Gasteiger partial charge in [-0.3, -0.25) is 0 Å². The average molecular weight is 359 g/mol. The highest BCUT2D eigenvalue weighted by Gasteiger charge is 2.33. The van der Waals surface area contributed by atoms with Crippen molar-refractivity contribution >= 4 is 17.6 Å². The lowest BCUT2D eigenvalue weighted by Crippen LogP contribution is -2.11. The Morgan fingerprint density at radius 1 is 1.00 bits per heavy atom. The Hall–Kier alpha value is -3.42. The van der Waals surface area contributed by atoms with E-state index in [4.69, 9.17) is 0 Å². The second-order valence-electron chi connectivity index (χ2n) is 5.29. The molecule has 3 aromatic rings. The van der Waals surface area contributed by atoms with Gasteiger partial charge in [0, 0.05) is 11.8 Å². The Labute approximate surface area is 146 Å². The third-order valence-corrected chi connectivity index (χ3v) is 3.56. The van der Waals surface area contributed by atoms with Gasteiger partial charge in [0.15, 0.2) is 0 Å². The van der Waals surface area contributed by atoms with Crippen LogP contribution in [0.5, 0.6) is 0 Å². The zero-order chi connectivity index (χ0) is 18.7. The number of nitrogens with one attached hydrogen (secondary N) is 1. The number of carboxylic acids is 1. The molecule has 0 saturated carbocycles. The Kier molecular flexibility index (Phi) is 4.57. The second-order valence-corrected chi connectivity index (χ2v) is 5.29. The van der Waals surface area contributed by atoms with Gasteiger partial charge in [-0.1, -0.05) is 42.5 Å². The van der Waals surface area contributed by atoms with Gasteiger partial charge < -0.3 is 10.4 Å². The van der Waals surface area contributed by atoms with Crippen LogP contribution in [0.25, 0.3) is 11.1 Å². The first-order valence-corrected chi connectivity index (χ1v) is 7.45. The minimum absolute atomic E-state index is 0.104. The average Bonchev–Trinajstić information content (AvgIpc) is 2.62. The van der Waals surface area contributed by atoms with Crippen molar-refractivity contribution in [3.63, 3.8) is 0 Å². The van der Waals surface area contributed by atoms with E-state index in [-0.39, 0.29) is 17.2 Å². The molecule has 3 rings (SSSR count). The van der Waals surface area contributed by atoms with Crippen molar-refractivity contribution in [1.29, 1.82) is 0 Å². The lowest BCUT2D eigenvalue weighted by molar-refractivity contribution is -0.141. The molecule has 132 valence electrons. The predicted octanol–water partition coefficient (Wildman–Crippen LogP) is 4.60. The van der Waals surface area contributed by atoms with Crippen molar-refractivity contribution < 1.29 is 23.1 Å². The first-order chi connectivity index (χ1) is 12.4. The van der Waals surface area contributed by atoms with Crippen LogP contribution in [0, 0.1) is 0 Å². The second kappa shape index (κ2) is 6.83. The molecule has 0 bridgehead atoms. The number of benzene rings is 2. The number of halogens is 3. The molecule has 0 amide bonds. The number of anilines is 2. The maximum Gasteiger partial charge on any atom is 0.433 e. The summed E-state index contributed by atoms with van der Waals surface area (Å²) in [4.78, 5) is 18.8. The molecule has 26 heavy (non-hydrogen) atoms. The number of aromatic nitrogens is 2. The zero-order valence-electron chi connectivity index (χ0n) is 13.2. The topological polar surface area (TPSA) is 75.1 Å². The first-order valence-electron chi connectivity index (χ1n) is 7.45. The van der Waals surface area contributed by atoms with Crippen molar-refractivity contribution in [3.05, 3.63) is 72.1 Å². The lowest BCUT2D eigenvalue weighted by Gasteiger charge is -2.15. The van der Waals surface area contributed by atoms with Crippen LogP contribution in [-0.4, -0.2) is 21.0 Å². The minimum Gasteiger partial charge on any atom is -0.478 e. The maximum atomic E-state index is 12.8. The van der Waals surface area contributed by atoms with Gasteiger partial charge in [0.05, 0.1) is 11.3 Å². The molecular formula is C18H12F3N3O2. The van der Waals surface area contributed by atoms with E-state index in [9.17, 15) is 23.1 Å². The summed E-state index contributed by atoms with van der Waals surface area (Å²) in [6.07, 6.45) is -3.67. The fraction of sp³-hybridized carbons (Fsp3) is 0.0556. The number of alkyl halides is 3. The molecule has 2 N–H and O–H groups in total. The van der Waals surface area contributed by atoms with Crippen molar-refractivity contribution in [2.24, 2.45) is 0 Å². The molecule has 1 aromatic heterocycles. The van der Waals surface area contributed by atoms with Gasteiger partial charge in [-0.25, -0.2) is 14.8 Å². The summed E-state index contributed by atoms with van der Waals surface area (Å²) in [6, 6.07) is 14.2. The van der Waals surface area contributed by atoms with Gasteiger partial charge in [0.25, 0.3) is 0 Å². The van der Waals surface area contributed by atoms with Crippen molar-refractivity contribution in [2.45, 2.75) is 6.18 Å². The maximum absolute atomic E-state index is 12.8. The number of hydrogen-bond donors (Lipinski definition) is 2. The molecule has 1 heterocycles. The number of nitrogens with zero attached hydrogens (tertiary/aromatic N) is 2. The van der Waals surface area contributed by atoms with Crippen molar-refractivity contribution in [2.75, 3.05) is 5.32 Å². The SMILES string of the molecule is O=C(O)c1cccc(-c2ccccc2)c1Nc1nccc(C(F)(F)F)n1. The lowest BCUT2D eigenvalue weighted by atomic mass is 10.00. The fourth-order valence-corrected chi connectivity index (χ4v) is 2.41. The normalized spacial score (nSPS) is 11.2. The summed E-state index contributed by atoms with van der Waals surface area (Å²) < 4.78 is 38.5. The van der Waals surface area contributed by atoms with Gasteiger partial charge >= 0.3 is 12.1 Å². The molecule has 0 fully saturated rings. The quantitative estimate of drug-likeness (QED) is 0.712. The number of aromatic carboxylic acids is 1. The van der Waals surface area contributed by atoms with E-state index in [1.807, 2.05) is 0 Å². The Morgan fingerprint density at radius 3 is 2.38 bits per heavy atom. The van der Waals surface area contributed by atoms with Crippen molar-refractivity contribution in [3.8, 4) is 11.1 Å². The van der Waals surface area contributed by atoms with E-state index >= 15 is 0 Å². The van der Waals surface area contributed by atoms with Crippen LogP contribution >= 0.6 is 0 Å². The van der Waals surface area contributed by atoms with Gasteiger partial charge in [-0.15, -0.1) is 0 Å². The Bertz CT molecular complexity index is 944. The standard InChI is InChI=1S/C18H12F3N3O2/c19-18(20,21)14-9-10-22-17(23-14)24-15-12(11-5-2-1-3-6-11)7-4-8-13(15)16(25)26/h1-10H,(H,25,26)(H,22,23,24).